The van der Waals surface area contributed by atoms with Crippen molar-refractivity contribution < 1.29 is 4.39 Å². The fourth-order valence-electron chi connectivity index (χ4n) is 3.96. The molecule has 2 heterocycles. The molecule has 0 aromatic carbocycles. The van der Waals surface area contributed by atoms with E-state index in [-0.39, 0.29) is 0 Å². The number of halogens is 1. The summed E-state index contributed by atoms with van der Waals surface area (Å²) in [5, 5.41) is 9.95. The standard InChI is InChI=1S/C22H38FN5/c1-3-28-20(17-27-15-10-22(23)8-13-26-14-9-22)5-4-18(2)21(16-24)19-6-11-25-12-7-19/h4-5,16,19,25-27H,2-3,6-15,17,24H2,1H3/b5-4-,21-16+,28-20+. The monoisotopic (exact) mass is 391 g/mol. The highest BCUT2D eigenvalue weighted by Gasteiger charge is 2.30. The molecule has 0 amide bonds. The molecule has 0 bridgehead atoms. The zero-order valence-electron chi connectivity index (χ0n) is 17.4. The molecule has 0 aromatic heterocycles. The van der Waals surface area contributed by atoms with Crippen LogP contribution in [0.2, 0.25) is 0 Å². The summed E-state index contributed by atoms with van der Waals surface area (Å²) < 4.78 is 14.6. The van der Waals surface area contributed by atoms with Gasteiger partial charge in [-0.1, -0.05) is 12.7 Å². The minimum Gasteiger partial charge on any atom is -0.404 e. The molecule has 2 saturated heterocycles. The second-order valence-corrected chi connectivity index (χ2v) is 7.80. The first-order valence-electron chi connectivity index (χ1n) is 10.7. The van der Waals surface area contributed by atoms with Crippen molar-refractivity contribution in [2.75, 3.05) is 45.8 Å². The predicted octanol–water partition coefficient (Wildman–Crippen LogP) is 2.47. The molecule has 2 aliphatic rings. The Bertz CT molecular complexity index is 569. The number of aliphatic imine (C=N–C) groups is 1. The molecule has 28 heavy (non-hydrogen) atoms. The van der Waals surface area contributed by atoms with Crippen molar-refractivity contribution in [2.24, 2.45) is 16.6 Å². The Balaban J connectivity index is 1.82. The molecule has 5 nitrogen and oxygen atoms in total. The van der Waals surface area contributed by atoms with E-state index in [9.17, 15) is 4.39 Å². The molecular weight excluding hydrogens is 353 g/mol. The van der Waals surface area contributed by atoms with Gasteiger partial charge in [-0.25, -0.2) is 4.39 Å². The van der Waals surface area contributed by atoms with E-state index in [4.69, 9.17) is 5.73 Å². The number of nitrogens with zero attached hydrogens (tertiary/aromatic N) is 1. The van der Waals surface area contributed by atoms with Crippen LogP contribution in [0, 0.1) is 5.92 Å². The average molecular weight is 392 g/mol. The van der Waals surface area contributed by atoms with Gasteiger partial charge in [0, 0.05) is 18.8 Å². The van der Waals surface area contributed by atoms with Crippen molar-refractivity contribution in [3.8, 4) is 0 Å². The van der Waals surface area contributed by atoms with Gasteiger partial charge in [0.15, 0.2) is 0 Å². The number of hydrogen-bond acceptors (Lipinski definition) is 5. The lowest BCUT2D eigenvalue weighted by Gasteiger charge is -2.30. The molecule has 0 saturated carbocycles. The lowest BCUT2D eigenvalue weighted by molar-refractivity contribution is 0.105. The van der Waals surface area contributed by atoms with Crippen molar-refractivity contribution in [2.45, 2.75) is 44.7 Å². The number of hydrogen-bond donors (Lipinski definition) is 4. The van der Waals surface area contributed by atoms with Gasteiger partial charge >= 0.3 is 0 Å². The van der Waals surface area contributed by atoms with E-state index in [0.717, 1.165) is 62.4 Å². The van der Waals surface area contributed by atoms with E-state index in [1.54, 1.807) is 6.20 Å². The maximum absolute atomic E-state index is 14.6. The van der Waals surface area contributed by atoms with Crippen LogP contribution in [0.3, 0.4) is 0 Å². The van der Waals surface area contributed by atoms with Crippen LogP contribution >= 0.6 is 0 Å². The molecule has 0 atom stereocenters. The highest BCUT2D eigenvalue weighted by atomic mass is 19.1. The highest BCUT2D eigenvalue weighted by Crippen LogP contribution is 2.27. The Morgan fingerprint density at radius 2 is 1.89 bits per heavy atom. The molecule has 0 spiro atoms. The van der Waals surface area contributed by atoms with E-state index in [1.165, 1.54) is 0 Å². The molecule has 2 aliphatic heterocycles. The molecule has 2 rings (SSSR count). The Labute approximate surface area is 169 Å². The fourth-order valence-corrected chi connectivity index (χ4v) is 3.96. The first-order chi connectivity index (χ1) is 13.6. The van der Waals surface area contributed by atoms with Gasteiger partial charge in [-0.15, -0.1) is 0 Å². The van der Waals surface area contributed by atoms with Gasteiger partial charge in [0.25, 0.3) is 0 Å². The van der Waals surface area contributed by atoms with Gasteiger partial charge in [0.05, 0.1) is 0 Å². The van der Waals surface area contributed by atoms with Crippen LogP contribution < -0.4 is 21.7 Å². The van der Waals surface area contributed by atoms with Crippen molar-refractivity contribution in [1.82, 2.24) is 16.0 Å². The number of nitrogens with two attached hydrogens (primary N) is 1. The summed E-state index contributed by atoms with van der Waals surface area (Å²) in [6.45, 7) is 11.9. The number of alkyl halides is 1. The molecule has 5 N–H and O–H groups in total. The molecule has 158 valence electrons. The van der Waals surface area contributed by atoms with E-state index < -0.39 is 5.67 Å². The number of allylic oxidation sites excluding steroid dienone is 3. The largest absolute Gasteiger partial charge is 0.404 e. The minimum atomic E-state index is -1.03. The molecule has 0 unspecified atom stereocenters. The quantitative estimate of drug-likeness (QED) is 0.262. The van der Waals surface area contributed by atoms with Crippen molar-refractivity contribution >= 4 is 5.71 Å². The number of rotatable bonds is 10. The highest BCUT2D eigenvalue weighted by molar-refractivity contribution is 5.97. The van der Waals surface area contributed by atoms with Crippen LogP contribution in [0.4, 0.5) is 4.39 Å². The molecule has 2 fully saturated rings. The Hall–Kier alpha value is -1.50. The molecule has 0 radical (unpaired) electrons. The Morgan fingerprint density at radius 1 is 1.21 bits per heavy atom. The first kappa shape index (κ1) is 22.8. The minimum absolute atomic E-state index is 0.471. The lowest BCUT2D eigenvalue weighted by atomic mass is 9.86. The van der Waals surface area contributed by atoms with Crippen LogP contribution in [0.1, 0.15) is 39.0 Å². The van der Waals surface area contributed by atoms with E-state index in [0.29, 0.717) is 38.3 Å². The van der Waals surface area contributed by atoms with E-state index in [1.807, 2.05) is 19.1 Å². The summed E-state index contributed by atoms with van der Waals surface area (Å²) >= 11 is 0. The van der Waals surface area contributed by atoms with Crippen molar-refractivity contribution in [3.63, 3.8) is 0 Å². The van der Waals surface area contributed by atoms with E-state index in [2.05, 4.69) is 27.5 Å². The maximum atomic E-state index is 14.6. The van der Waals surface area contributed by atoms with Crippen LogP contribution in [-0.4, -0.2) is 57.2 Å². The van der Waals surface area contributed by atoms with Crippen LogP contribution in [0.25, 0.3) is 0 Å². The summed E-state index contributed by atoms with van der Waals surface area (Å²) in [5.74, 6) is 0.471. The second-order valence-electron chi connectivity index (χ2n) is 7.80. The number of nitrogens with one attached hydrogen (secondary N) is 3. The Morgan fingerprint density at radius 3 is 2.54 bits per heavy atom. The summed E-state index contributed by atoms with van der Waals surface area (Å²) in [7, 11) is 0. The molecular formula is C22H38FN5. The van der Waals surface area contributed by atoms with Gasteiger partial charge in [0.2, 0.25) is 0 Å². The third-order valence-electron chi connectivity index (χ3n) is 5.72. The summed E-state index contributed by atoms with van der Waals surface area (Å²) in [6, 6.07) is 0. The summed E-state index contributed by atoms with van der Waals surface area (Å²) in [5.41, 5.74) is 7.91. The van der Waals surface area contributed by atoms with Gasteiger partial charge in [-0.05, 0) is 101 Å². The van der Waals surface area contributed by atoms with Gasteiger partial charge in [-0.2, -0.15) is 0 Å². The van der Waals surface area contributed by atoms with Crippen molar-refractivity contribution in [3.05, 3.63) is 36.1 Å². The summed E-state index contributed by atoms with van der Waals surface area (Å²) in [4.78, 5) is 4.56. The fraction of sp³-hybridized carbons (Fsp3) is 0.682. The van der Waals surface area contributed by atoms with Crippen LogP contribution in [0.15, 0.2) is 41.1 Å². The normalized spacial score (nSPS) is 21.9. The summed E-state index contributed by atoms with van der Waals surface area (Å²) in [6.07, 6.45) is 9.68. The topological polar surface area (TPSA) is 74.5 Å². The smallest absolute Gasteiger partial charge is 0.114 e. The maximum Gasteiger partial charge on any atom is 0.114 e. The van der Waals surface area contributed by atoms with Crippen LogP contribution in [0.5, 0.6) is 0 Å². The van der Waals surface area contributed by atoms with Crippen LogP contribution in [-0.2, 0) is 0 Å². The van der Waals surface area contributed by atoms with Gasteiger partial charge < -0.3 is 21.7 Å². The lowest BCUT2D eigenvalue weighted by Crippen LogP contribution is -2.40. The second kappa shape index (κ2) is 12.1. The third-order valence-corrected chi connectivity index (χ3v) is 5.72. The third kappa shape index (κ3) is 7.49. The predicted molar refractivity (Wildman–Crippen MR) is 118 cm³/mol. The average Bonchev–Trinajstić information content (AvgIpc) is 2.71. The molecule has 0 aromatic rings. The van der Waals surface area contributed by atoms with Gasteiger partial charge in [0.1, 0.15) is 5.67 Å². The molecule has 0 aliphatic carbocycles. The number of piperidine rings is 2. The zero-order valence-corrected chi connectivity index (χ0v) is 17.4. The molecule has 6 heteroatoms. The van der Waals surface area contributed by atoms with Crippen molar-refractivity contribution in [1.29, 1.82) is 0 Å². The Kier molecular flexibility index (Phi) is 9.88. The van der Waals surface area contributed by atoms with Gasteiger partial charge in [-0.3, -0.25) is 4.99 Å². The van der Waals surface area contributed by atoms with E-state index >= 15 is 0 Å². The zero-order chi connectivity index (χ0) is 20.2. The SMILES string of the molecule is C=C(/C=C\C(CNCCC1(F)CCNCC1)=N/CC)/C(=C\N)C1CCNCC1. The first-order valence-corrected chi connectivity index (χ1v) is 10.7.